The fourth-order valence-corrected chi connectivity index (χ4v) is 2.30. The van der Waals surface area contributed by atoms with Crippen LogP contribution in [0.2, 0.25) is 0 Å². The van der Waals surface area contributed by atoms with E-state index in [1.807, 2.05) is 39.0 Å². The zero-order valence-electron chi connectivity index (χ0n) is 13.6. The minimum absolute atomic E-state index is 0.240. The zero-order valence-corrected chi connectivity index (χ0v) is 14.4. The van der Waals surface area contributed by atoms with Crippen molar-refractivity contribution in [3.05, 3.63) is 59.2 Å². The molecule has 0 spiro atoms. The highest BCUT2D eigenvalue weighted by atomic mass is 32.1. The number of rotatable bonds is 4. The van der Waals surface area contributed by atoms with E-state index >= 15 is 0 Å². The van der Waals surface area contributed by atoms with Gasteiger partial charge >= 0.3 is 0 Å². The van der Waals surface area contributed by atoms with Gasteiger partial charge in [-0.1, -0.05) is 19.1 Å². The second-order valence-corrected chi connectivity index (χ2v) is 5.75. The molecule has 0 fully saturated rings. The predicted octanol–water partition coefficient (Wildman–Crippen LogP) is 4.11. The Morgan fingerprint density at radius 3 is 2.48 bits per heavy atom. The van der Waals surface area contributed by atoms with E-state index in [-0.39, 0.29) is 5.75 Å². The van der Waals surface area contributed by atoms with Crippen LogP contribution in [0, 0.1) is 13.8 Å². The van der Waals surface area contributed by atoms with Crippen LogP contribution < -0.4 is 10.7 Å². The lowest BCUT2D eigenvalue weighted by Gasteiger charge is -2.12. The average Bonchev–Trinajstić information content (AvgIpc) is 2.53. The number of benzene rings is 2. The second-order valence-electron chi connectivity index (χ2n) is 5.34. The van der Waals surface area contributed by atoms with Crippen molar-refractivity contribution >= 4 is 28.7 Å². The van der Waals surface area contributed by atoms with Crippen LogP contribution in [0.4, 0.5) is 5.69 Å². The molecule has 120 valence electrons. The Morgan fingerprint density at radius 2 is 1.83 bits per heavy atom. The summed E-state index contributed by atoms with van der Waals surface area (Å²) in [5.41, 5.74) is 7.97. The van der Waals surface area contributed by atoms with Gasteiger partial charge in [0.25, 0.3) is 0 Å². The molecule has 2 aromatic carbocycles. The van der Waals surface area contributed by atoms with Crippen molar-refractivity contribution in [1.29, 1.82) is 0 Å². The Labute approximate surface area is 142 Å². The Hall–Kier alpha value is -2.40. The molecule has 0 bridgehead atoms. The number of anilines is 1. The topological polar surface area (TPSA) is 56.7 Å². The van der Waals surface area contributed by atoms with Gasteiger partial charge in [-0.05, 0) is 79.5 Å². The number of hydrogen-bond donors (Lipinski definition) is 3. The minimum atomic E-state index is 0.240. The van der Waals surface area contributed by atoms with Gasteiger partial charge in [0.15, 0.2) is 5.11 Å². The molecule has 23 heavy (non-hydrogen) atoms. The van der Waals surface area contributed by atoms with Crippen LogP contribution in [0.5, 0.6) is 5.75 Å². The molecular weight excluding hydrogens is 306 g/mol. The summed E-state index contributed by atoms with van der Waals surface area (Å²) in [5, 5.41) is 17.3. The molecule has 4 nitrogen and oxygen atoms in total. The van der Waals surface area contributed by atoms with Gasteiger partial charge in [-0.25, -0.2) is 0 Å². The molecule has 0 aromatic heterocycles. The maximum Gasteiger partial charge on any atom is 0.191 e. The third-order valence-electron chi connectivity index (χ3n) is 3.47. The number of aromatic hydroxyl groups is 1. The Balaban J connectivity index is 2.06. The van der Waals surface area contributed by atoms with E-state index in [0.717, 1.165) is 28.9 Å². The molecule has 5 heteroatoms. The third-order valence-corrected chi connectivity index (χ3v) is 3.66. The first-order valence-corrected chi connectivity index (χ1v) is 7.90. The van der Waals surface area contributed by atoms with E-state index in [0.29, 0.717) is 5.11 Å². The highest BCUT2D eigenvalue weighted by Crippen LogP contribution is 2.16. The molecule has 0 heterocycles. The molecule has 2 rings (SSSR count). The summed E-state index contributed by atoms with van der Waals surface area (Å²) in [5.74, 6) is 0.240. The summed E-state index contributed by atoms with van der Waals surface area (Å²) in [4.78, 5) is 0. The van der Waals surface area contributed by atoms with E-state index < -0.39 is 0 Å². The van der Waals surface area contributed by atoms with Crippen molar-refractivity contribution in [2.24, 2.45) is 5.10 Å². The summed E-state index contributed by atoms with van der Waals surface area (Å²) in [7, 11) is 0. The van der Waals surface area contributed by atoms with Gasteiger partial charge in [0, 0.05) is 5.69 Å². The van der Waals surface area contributed by atoms with Gasteiger partial charge in [0.2, 0.25) is 0 Å². The molecule has 0 aliphatic carbocycles. The number of thiocarbonyl (C=S) groups is 1. The number of phenols is 1. The van der Waals surface area contributed by atoms with E-state index in [1.54, 1.807) is 12.1 Å². The van der Waals surface area contributed by atoms with Gasteiger partial charge in [0.1, 0.15) is 5.75 Å². The smallest absolute Gasteiger partial charge is 0.191 e. The Kier molecular flexibility index (Phi) is 5.71. The second kappa shape index (κ2) is 7.74. The first-order chi connectivity index (χ1) is 11.0. The highest BCUT2D eigenvalue weighted by Gasteiger charge is 2.04. The van der Waals surface area contributed by atoms with Gasteiger partial charge in [-0.15, -0.1) is 0 Å². The van der Waals surface area contributed by atoms with Crippen LogP contribution in [0.3, 0.4) is 0 Å². The van der Waals surface area contributed by atoms with Crippen LogP contribution in [0.25, 0.3) is 0 Å². The fraction of sp³-hybridized carbons (Fsp3) is 0.222. The number of hydrogen-bond acceptors (Lipinski definition) is 3. The zero-order chi connectivity index (χ0) is 16.8. The van der Waals surface area contributed by atoms with Crippen molar-refractivity contribution in [3.63, 3.8) is 0 Å². The fourth-order valence-electron chi connectivity index (χ4n) is 2.14. The lowest BCUT2D eigenvalue weighted by Crippen LogP contribution is -2.25. The molecule has 0 radical (unpaired) electrons. The molecular formula is C18H21N3OS. The Bertz CT molecular complexity index is 724. The van der Waals surface area contributed by atoms with Crippen molar-refractivity contribution in [2.75, 3.05) is 5.32 Å². The third kappa shape index (κ3) is 4.79. The normalized spacial score (nSPS) is 11.2. The molecule has 0 aliphatic rings. The molecule has 0 unspecified atom stereocenters. The maximum absolute atomic E-state index is 9.36. The summed E-state index contributed by atoms with van der Waals surface area (Å²) < 4.78 is 0. The van der Waals surface area contributed by atoms with Crippen molar-refractivity contribution in [3.8, 4) is 5.75 Å². The van der Waals surface area contributed by atoms with E-state index in [2.05, 4.69) is 28.0 Å². The molecule has 3 N–H and O–H groups in total. The van der Waals surface area contributed by atoms with Crippen molar-refractivity contribution in [2.45, 2.75) is 27.2 Å². The maximum atomic E-state index is 9.36. The Morgan fingerprint density at radius 1 is 1.13 bits per heavy atom. The summed E-state index contributed by atoms with van der Waals surface area (Å²) in [6, 6.07) is 13.1. The number of phenolic OH excluding ortho intramolecular Hbond substituents is 1. The lowest BCUT2D eigenvalue weighted by molar-refractivity contribution is 0.475. The first kappa shape index (κ1) is 17.0. The van der Waals surface area contributed by atoms with Gasteiger partial charge in [-0.3, -0.25) is 5.43 Å². The lowest BCUT2D eigenvalue weighted by atomic mass is 10.1. The number of hydrazone groups is 1. The quantitative estimate of drug-likeness (QED) is 0.449. The highest BCUT2D eigenvalue weighted by molar-refractivity contribution is 7.80. The molecule has 0 amide bonds. The summed E-state index contributed by atoms with van der Waals surface area (Å²) in [6.45, 7) is 6.09. The number of nitrogens with zero attached hydrogens (tertiary/aromatic N) is 1. The molecule has 0 aliphatic heterocycles. The van der Waals surface area contributed by atoms with Crippen molar-refractivity contribution < 1.29 is 5.11 Å². The molecule has 0 saturated heterocycles. The number of nitrogens with one attached hydrogen (secondary N) is 2. The number of aryl methyl sites for hydroxylation is 2. The monoisotopic (exact) mass is 327 g/mol. The van der Waals surface area contributed by atoms with Gasteiger partial charge in [0.05, 0.1) is 5.71 Å². The van der Waals surface area contributed by atoms with Crippen LogP contribution in [0.1, 0.15) is 30.0 Å². The largest absolute Gasteiger partial charge is 0.508 e. The molecule has 0 atom stereocenters. The predicted molar refractivity (Wildman–Crippen MR) is 100 cm³/mol. The van der Waals surface area contributed by atoms with Gasteiger partial charge in [-0.2, -0.15) is 5.10 Å². The SMILES string of the molecule is CCC(=NNC(=S)Nc1cc(C)ccc1C)c1ccc(O)cc1. The summed E-state index contributed by atoms with van der Waals surface area (Å²) >= 11 is 5.31. The first-order valence-electron chi connectivity index (χ1n) is 7.50. The summed E-state index contributed by atoms with van der Waals surface area (Å²) in [6.07, 6.45) is 0.754. The van der Waals surface area contributed by atoms with E-state index in [9.17, 15) is 5.11 Å². The molecule has 0 saturated carbocycles. The van der Waals surface area contributed by atoms with Crippen LogP contribution in [0.15, 0.2) is 47.6 Å². The van der Waals surface area contributed by atoms with Crippen LogP contribution >= 0.6 is 12.2 Å². The van der Waals surface area contributed by atoms with E-state index in [4.69, 9.17) is 12.2 Å². The van der Waals surface area contributed by atoms with Crippen LogP contribution in [-0.2, 0) is 0 Å². The standard InChI is InChI=1S/C18H21N3OS/c1-4-16(14-7-9-15(22)10-8-14)20-21-18(23)19-17-11-12(2)5-6-13(17)3/h5-11,22H,4H2,1-3H3,(H2,19,21,23). The van der Waals surface area contributed by atoms with Gasteiger partial charge < -0.3 is 10.4 Å². The van der Waals surface area contributed by atoms with E-state index in [1.165, 1.54) is 5.56 Å². The minimum Gasteiger partial charge on any atom is -0.508 e. The average molecular weight is 327 g/mol. The van der Waals surface area contributed by atoms with Crippen LogP contribution in [-0.4, -0.2) is 15.9 Å². The molecule has 2 aromatic rings. The van der Waals surface area contributed by atoms with Crippen molar-refractivity contribution in [1.82, 2.24) is 5.43 Å².